The first-order chi connectivity index (χ1) is 12.3. The number of phenolic OH excluding ortho intramolecular Hbond substituents is 1. The number of Topliss-reactive ketones (excluding diaryl/α,β-unsaturated/α-hetero) is 1. The summed E-state index contributed by atoms with van der Waals surface area (Å²) in [6, 6.07) is 13.1. The Morgan fingerprint density at radius 3 is 2.08 bits per heavy atom. The van der Waals surface area contributed by atoms with Crippen LogP contribution in [0.1, 0.15) is 43.9 Å². The lowest BCUT2D eigenvalue weighted by Gasteiger charge is -2.27. The lowest BCUT2D eigenvalue weighted by molar-refractivity contribution is -0.117. The fourth-order valence-corrected chi connectivity index (χ4v) is 3.22. The van der Waals surface area contributed by atoms with Gasteiger partial charge in [-0.25, -0.2) is 0 Å². The first kappa shape index (κ1) is 17.7. The number of aliphatic hydroxyl groups is 1. The first-order valence-corrected chi connectivity index (χ1v) is 8.47. The van der Waals surface area contributed by atoms with Gasteiger partial charge in [0.15, 0.2) is 11.5 Å². The number of hydrogen-bond acceptors (Lipinski definition) is 4. The number of carbonyl (C=O) groups excluding carboxylic acids is 2. The number of anilines is 1. The van der Waals surface area contributed by atoms with Gasteiger partial charge in [-0.15, -0.1) is 0 Å². The summed E-state index contributed by atoms with van der Waals surface area (Å²) < 4.78 is 0. The SMILES string of the molecule is CC(=O)C1=C(O)C(=O)N(c2ccc(O)cc2)[C@@H]1c1ccc(C(C)C)cc1. The summed E-state index contributed by atoms with van der Waals surface area (Å²) in [6.07, 6.45) is 0. The normalized spacial score (nSPS) is 17.3. The van der Waals surface area contributed by atoms with E-state index in [4.69, 9.17) is 0 Å². The van der Waals surface area contributed by atoms with E-state index in [9.17, 15) is 19.8 Å². The molecule has 1 aliphatic heterocycles. The van der Waals surface area contributed by atoms with E-state index in [1.165, 1.54) is 24.0 Å². The molecule has 3 rings (SSSR count). The minimum absolute atomic E-state index is 0.0715. The fraction of sp³-hybridized carbons (Fsp3) is 0.238. The third kappa shape index (κ3) is 2.96. The molecular formula is C21H21NO4. The van der Waals surface area contributed by atoms with Crippen LogP contribution in [-0.4, -0.2) is 21.9 Å². The van der Waals surface area contributed by atoms with E-state index < -0.39 is 17.7 Å². The van der Waals surface area contributed by atoms with Crippen LogP contribution < -0.4 is 4.90 Å². The largest absolute Gasteiger partial charge is 0.508 e. The molecule has 5 nitrogen and oxygen atoms in total. The van der Waals surface area contributed by atoms with E-state index in [-0.39, 0.29) is 17.1 Å². The topological polar surface area (TPSA) is 77.8 Å². The van der Waals surface area contributed by atoms with Gasteiger partial charge in [0.2, 0.25) is 0 Å². The number of aliphatic hydroxyl groups excluding tert-OH is 1. The zero-order valence-electron chi connectivity index (χ0n) is 14.9. The molecule has 0 unspecified atom stereocenters. The van der Waals surface area contributed by atoms with E-state index in [0.717, 1.165) is 11.1 Å². The number of benzene rings is 2. The Labute approximate surface area is 152 Å². The molecule has 1 atom stereocenters. The predicted molar refractivity (Wildman–Crippen MR) is 99.2 cm³/mol. The van der Waals surface area contributed by atoms with Crippen LogP contribution in [0.15, 0.2) is 59.9 Å². The van der Waals surface area contributed by atoms with E-state index in [2.05, 4.69) is 13.8 Å². The van der Waals surface area contributed by atoms with Gasteiger partial charge < -0.3 is 10.2 Å². The second-order valence-electron chi connectivity index (χ2n) is 6.73. The number of nitrogens with zero attached hydrogens (tertiary/aromatic N) is 1. The number of rotatable bonds is 4. The number of ketones is 1. The average Bonchev–Trinajstić information content (AvgIpc) is 2.87. The summed E-state index contributed by atoms with van der Waals surface area (Å²) in [6.45, 7) is 5.52. The summed E-state index contributed by atoms with van der Waals surface area (Å²) in [7, 11) is 0. The summed E-state index contributed by atoms with van der Waals surface area (Å²) in [5, 5.41) is 19.8. The molecule has 0 aromatic heterocycles. The minimum atomic E-state index is -0.703. The van der Waals surface area contributed by atoms with Crippen molar-refractivity contribution < 1.29 is 19.8 Å². The highest BCUT2D eigenvalue weighted by molar-refractivity contribution is 6.16. The number of aromatic hydroxyl groups is 1. The summed E-state index contributed by atoms with van der Waals surface area (Å²) in [5.74, 6) is -1.07. The Kier molecular flexibility index (Phi) is 4.55. The molecule has 0 aliphatic carbocycles. The maximum absolute atomic E-state index is 12.7. The molecular weight excluding hydrogens is 330 g/mol. The molecule has 0 bridgehead atoms. The molecule has 1 aliphatic rings. The number of phenols is 1. The molecule has 0 spiro atoms. The van der Waals surface area contributed by atoms with E-state index >= 15 is 0 Å². The molecule has 26 heavy (non-hydrogen) atoms. The maximum Gasteiger partial charge on any atom is 0.294 e. The highest BCUT2D eigenvalue weighted by Gasteiger charge is 2.43. The summed E-state index contributed by atoms with van der Waals surface area (Å²) in [5.41, 5.74) is 2.46. The quantitative estimate of drug-likeness (QED) is 0.873. The Bertz CT molecular complexity index is 879. The van der Waals surface area contributed by atoms with E-state index in [1.54, 1.807) is 12.1 Å². The molecule has 5 heteroatoms. The Hall–Kier alpha value is -3.08. The third-order valence-corrected chi connectivity index (χ3v) is 4.63. The van der Waals surface area contributed by atoms with Crippen molar-refractivity contribution >= 4 is 17.4 Å². The predicted octanol–water partition coefficient (Wildman–Crippen LogP) is 4.00. The smallest absolute Gasteiger partial charge is 0.294 e. The van der Waals surface area contributed by atoms with Crippen LogP contribution in [0.4, 0.5) is 5.69 Å². The van der Waals surface area contributed by atoms with Crippen molar-refractivity contribution in [2.45, 2.75) is 32.7 Å². The average molecular weight is 351 g/mol. The van der Waals surface area contributed by atoms with Crippen molar-refractivity contribution in [3.05, 3.63) is 71.0 Å². The monoisotopic (exact) mass is 351 g/mol. The minimum Gasteiger partial charge on any atom is -0.508 e. The van der Waals surface area contributed by atoms with Gasteiger partial charge >= 0.3 is 0 Å². The molecule has 0 saturated heterocycles. The summed E-state index contributed by atoms with van der Waals surface area (Å²) in [4.78, 5) is 26.2. The standard InChI is InChI=1S/C21H21NO4/c1-12(2)14-4-6-15(7-5-14)19-18(13(3)23)20(25)21(26)22(19)16-8-10-17(24)11-9-16/h4-12,19,24-25H,1-3H3/t19-/m1/s1. The Balaban J connectivity index is 2.12. The molecule has 2 aromatic rings. The second-order valence-corrected chi connectivity index (χ2v) is 6.73. The molecule has 1 heterocycles. The van der Waals surface area contributed by atoms with Crippen molar-refractivity contribution in [3.8, 4) is 5.75 Å². The molecule has 0 radical (unpaired) electrons. The van der Waals surface area contributed by atoms with Gasteiger partial charge in [-0.1, -0.05) is 38.1 Å². The van der Waals surface area contributed by atoms with Crippen LogP contribution in [0.2, 0.25) is 0 Å². The first-order valence-electron chi connectivity index (χ1n) is 8.47. The Morgan fingerprint density at radius 1 is 1.00 bits per heavy atom. The summed E-state index contributed by atoms with van der Waals surface area (Å²) >= 11 is 0. The zero-order chi connectivity index (χ0) is 19.0. The Morgan fingerprint density at radius 2 is 1.58 bits per heavy atom. The fourth-order valence-electron chi connectivity index (χ4n) is 3.22. The number of carbonyl (C=O) groups is 2. The van der Waals surface area contributed by atoms with Gasteiger partial charge in [0, 0.05) is 5.69 Å². The van der Waals surface area contributed by atoms with Gasteiger partial charge in [-0.3, -0.25) is 14.5 Å². The molecule has 0 fully saturated rings. The van der Waals surface area contributed by atoms with Crippen LogP contribution in [0.25, 0.3) is 0 Å². The van der Waals surface area contributed by atoms with E-state index in [1.807, 2.05) is 24.3 Å². The van der Waals surface area contributed by atoms with Gasteiger partial charge in [-0.2, -0.15) is 0 Å². The van der Waals surface area contributed by atoms with Crippen LogP contribution >= 0.6 is 0 Å². The van der Waals surface area contributed by atoms with Crippen molar-refractivity contribution in [2.75, 3.05) is 4.90 Å². The van der Waals surface area contributed by atoms with Gasteiger partial charge in [0.1, 0.15) is 5.75 Å². The van der Waals surface area contributed by atoms with Gasteiger partial charge in [0.25, 0.3) is 5.91 Å². The van der Waals surface area contributed by atoms with Crippen molar-refractivity contribution in [1.29, 1.82) is 0 Å². The van der Waals surface area contributed by atoms with Crippen molar-refractivity contribution in [2.24, 2.45) is 0 Å². The van der Waals surface area contributed by atoms with Gasteiger partial charge in [0.05, 0.1) is 11.6 Å². The van der Waals surface area contributed by atoms with Crippen molar-refractivity contribution in [1.82, 2.24) is 0 Å². The van der Waals surface area contributed by atoms with Crippen molar-refractivity contribution in [3.63, 3.8) is 0 Å². The van der Waals surface area contributed by atoms with E-state index in [0.29, 0.717) is 11.6 Å². The highest BCUT2D eigenvalue weighted by Crippen LogP contribution is 2.41. The lowest BCUT2D eigenvalue weighted by atomic mass is 9.94. The zero-order valence-corrected chi connectivity index (χ0v) is 14.9. The second kappa shape index (κ2) is 6.67. The lowest BCUT2D eigenvalue weighted by Crippen LogP contribution is -2.30. The molecule has 0 saturated carbocycles. The highest BCUT2D eigenvalue weighted by atomic mass is 16.3. The molecule has 134 valence electrons. The van der Waals surface area contributed by atoms with Crippen LogP contribution in [0, 0.1) is 0 Å². The molecule has 2 N–H and O–H groups in total. The van der Waals surface area contributed by atoms with Crippen LogP contribution in [0.3, 0.4) is 0 Å². The van der Waals surface area contributed by atoms with Gasteiger partial charge in [-0.05, 0) is 48.2 Å². The van der Waals surface area contributed by atoms with Crippen LogP contribution in [0.5, 0.6) is 5.75 Å². The molecule has 1 amide bonds. The third-order valence-electron chi connectivity index (χ3n) is 4.63. The van der Waals surface area contributed by atoms with Crippen LogP contribution in [-0.2, 0) is 9.59 Å². The number of amides is 1. The maximum atomic E-state index is 12.7. The molecule has 2 aromatic carbocycles. The number of hydrogen-bond donors (Lipinski definition) is 2.